The largest absolute Gasteiger partial charge is 1.00 e. The van der Waals surface area contributed by atoms with Crippen LogP contribution >= 0.6 is 7.87 Å². The molecule has 0 amide bonds. The minimum Gasteiger partial charge on any atom is -1.00 e. The maximum atomic E-state index is 3.00. The van der Waals surface area contributed by atoms with Crippen molar-refractivity contribution < 1.29 is 12.4 Å². The van der Waals surface area contributed by atoms with Crippen molar-refractivity contribution in [3.63, 3.8) is 0 Å². The molecular weight excluding hydrogens is 483 g/mol. The zero-order valence-electron chi connectivity index (χ0n) is 24.3. The van der Waals surface area contributed by atoms with Gasteiger partial charge < -0.3 is 12.4 Å². The van der Waals surface area contributed by atoms with Gasteiger partial charge >= 0.3 is 7.87 Å². The summed E-state index contributed by atoms with van der Waals surface area (Å²) in [6.07, 6.45) is 31.9. The second-order valence-corrected chi connectivity index (χ2v) is 15.9. The lowest BCUT2D eigenvalue weighted by atomic mass is 9.96. The van der Waals surface area contributed by atoms with Gasteiger partial charge in [0.1, 0.15) is 0 Å². The molecule has 0 bridgehead atoms. The van der Waals surface area contributed by atoms with E-state index in [0.29, 0.717) is 0 Å². The number of allylic oxidation sites excluding steroid dienone is 2. The summed E-state index contributed by atoms with van der Waals surface area (Å²) in [5.74, 6) is 0. The zero-order chi connectivity index (χ0) is 24.7. The van der Waals surface area contributed by atoms with E-state index in [0.717, 1.165) is 18.1 Å². The number of nitrogens with zero attached hydrogens (tertiary/aromatic N) is 4. The summed E-state index contributed by atoms with van der Waals surface area (Å²) in [4.78, 5) is 0. The highest BCUT2D eigenvalue weighted by Gasteiger charge is 2.62. The van der Waals surface area contributed by atoms with Gasteiger partial charge in [-0.25, -0.2) is 4.67 Å². The van der Waals surface area contributed by atoms with Crippen LogP contribution in [0.15, 0.2) is 11.8 Å². The Morgan fingerprint density at radius 2 is 0.889 bits per heavy atom. The maximum absolute atomic E-state index is 3.00. The van der Waals surface area contributed by atoms with Crippen LogP contribution in [0.1, 0.15) is 135 Å². The first kappa shape index (κ1) is 30.7. The zero-order valence-corrected chi connectivity index (χ0v) is 25.9. The quantitative estimate of drug-likeness (QED) is 0.370. The third-order valence-electron chi connectivity index (χ3n) is 10.2. The fraction of sp³-hybridized carbons (Fsp3) is 0.933. The van der Waals surface area contributed by atoms with E-state index >= 15 is 0 Å². The third-order valence-corrected chi connectivity index (χ3v) is 14.7. The van der Waals surface area contributed by atoms with E-state index < -0.39 is 7.87 Å². The number of hydrogen-bond acceptors (Lipinski definition) is 4. The lowest BCUT2D eigenvalue weighted by Crippen LogP contribution is -3.00. The van der Waals surface area contributed by atoms with E-state index in [1.807, 2.05) is 0 Å². The first-order valence-electron chi connectivity index (χ1n) is 15.6. The van der Waals surface area contributed by atoms with Gasteiger partial charge in [-0.1, -0.05) is 76.7 Å². The van der Waals surface area contributed by atoms with Crippen LogP contribution in [-0.2, 0) is 0 Å². The predicted molar refractivity (Wildman–Crippen MR) is 154 cm³/mol. The van der Waals surface area contributed by atoms with Crippen LogP contribution in [-0.4, -0.2) is 65.0 Å². The number of halogens is 1. The van der Waals surface area contributed by atoms with E-state index in [1.165, 1.54) is 135 Å². The van der Waals surface area contributed by atoms with Crippen LogP contribution in [0.4, 0.5) is 0 Å². The molecule has 4 nitrogen and oxygen atoms in total. The van der Waals surface area contributed by atoms with Gasteiger partial charge in [0.15, 0.2) is 0 Å². The minimum absolute atomic E-state index is 0. The highest BCUT2D eigenvalue weighted by molar-refractivity contribution is 7.66. The first-order chi connectivity index (χ1) is 17.1. The Labute approximate surface area is 231 Å². The molecule has 3 saturated carbocycles. The Kier molecular flexibility index (Phi) is 12.8. The molecule has 0 unspecified atom stereocenters. The summed E-state index contributed by atoms with van der Waals surface area (Å²) in [6.45, 7) is 0. The Morgan fingerprint density at radius 3 is 1.31 bits per heavy atom. The molecule has 4 rings (SSSR count). The summed E-state index contributed by atoms with van der Waals surface area (Å²) in [5.41, 5.74) is 1.66. The van der Waals surface area contributed by atoms with Crippen molar-refractivity contribution in [3.8, 4) is 0 Å². The van der Waals surface area contributed by atoms with Crippen LogP contribution in [0.2, 0.25) is 0 Å². The molecule has 0 aromatic carbocycles. The van der Waals surface area contributed by atoms with Gasteiger partial charge in [0.05, 0.1) is 5.70 Å². The Hall–Kier alpha value is 0.140. The number of hydrogen-bond donors (Lipinski definition) is 0. The fourth-order valence-electron chi connectivity index (χ4n) is 7.96. The van der Waals surface area contributed by atoms with Crippen molar-refractivity contribution in [2.75, 3.05) is 28.2 Å². The van der Waals surface area contributed by atoms with Crippen molar-refractivity contribution in [2.45, 2.75) is 153 Å². The molecule has 0 aliphatic heterocycles. The molecule has 0 radical (unpaired) electrons. The van der Waals surface area contributed by atoms with Crippen LogP contribution < -0.4 is 12.4 Å². The summed E-state index contributed by atoms with van der Waals surface area (Å²) < 4.78 is 11.9. The van der Waals surface area contributed by atoms with Crippen molar-refractivity contribution in [3.05, 3.63) is 11.8 Å². The summed E-state index contributed by atoms with van der Waals surface area (Å²) in [5, 5.41) is 0. The minimum atomic E-state index is -1.90. The lowest BCUT2D eigenvalue weighted by Gasteiger charge is -2.54. The molecule has 6 heteroatoms. The van der Waals surface area contributed by atoms with Gasteiger partial charge in [0, 0.05) is 46.3 Å². The topological polar surface area (TPSA) is 13.0 Å². The molecule has 0 N–H and O–H groups in total. The average Bonchev–Trinajstić information content (AvgIpc) is 2.90. The van der Waals surface area contributed by atoms with Crippen LogP contribution in [0.5, 0.6) is 0 Å². The summed E-state index contributed by atoms with van der Waals surface area (Å²) in [6, 6.07) is 2.18. The average molecular weight is 541 g/mol. The molecule has 4 aliphatic rings. The smallest absolute Gasteiger partial charge is 0.331 e. The first-order valence-corrected chi connectivity index (χ1v) is 17.2. The Bertz CT molecular complexity index is 596. The molecule has 36 heavy (non-hydrogen) atoms. The Balaban J connectivity index is 0.00000361. The van der Waals surface area contributed by atoms with Crippen LogP contribution in [0.3, 0.4) is 0 Å². The normalized spacial score (nSPS) is 25.8. The molecule has 0 aromatic rings. The second kappa shape index (κ2) is 15.1. The van der Waals surface area contributed by atoms with Gasteiger partial charge in [0.25, 0.3) is 0 Å². The molecule has 0 atom stereocenters. The number of rotatable bonds is 8. The van der Waals surface area contributed by atoms with E-state index in [1.54, 1.807) is 5.70 Å². The van der Waals surface area contributed by atoms with Crippen molar-refractivity contribution in [1.29, 1.82) is 0 Å². The standard InChI is InChI=1S/C30H58N4P.ClH/c1-31(27-19-11-6-5-7-12-20-27)35(32(2)28-21-13-8-14-22-28,33(3)29-23-15-9-16-24-29)34(4)30-25-17-10-18-26-30;/h19,28-30H,5-18,20-26H2,1-4H3;1H/q+1;/p-1/b27-19+;. The van der Waals surface area contributed by atoms with Crippen molar-refractivity contribution in [2.24, 2.45) is 0 Å². The second-order valence-electron chi connectivity index (χ2n) is 12.3. The van der Waals surface area contributed by atoms with E-state index in [4.69, 9.17) is 0 Å². The molecule has 3 fully saturated rings. The lowest BCUT2D eigenvalue weighted by molar-refractivity contribution is -0.00000825. The molecule has 0 aromatic heterocycles. The van der Waals surface area contributed by atoms with E-state index in [-0.39, 0.29) is 12.4 Å². The molecular formula is C30H58ClN4P. The van der Waals surface area contributed by atoms with Crippen LogP contribution in [0, 0.1) is 0 Å². The highest BCUT2D eigenvalue weighted by atomic mass is 35.5. The Morgan fingerprint density at radius 1 is 0.528 bits per heavy atom. The van der Waals surface area contributed by atoms with Crippen molar-refractivity contribution >= 4 is 7.87 Å². The molecule has 0 saturated heterocycles. The SMILES string of the molecule is CN(/C1=C/CCCCCC1)[P+](N(C)C1CCCCC1)(N(C)C1CCCCC1)N(C)C1CCCCC1.[Cl-]. The summed E-state index contributed by atoms with van der Waals surface area (Å²) in [7, 11) is 8.30. The van der Waals surface area contributed by atoms with Gasteiger partial charge in [-0.2, -0.15) is 0 Å². The molecule has 0 heterocycles. The van der Waals surface area contributed by atoms with Crippen molar-refractivity contribution in [1.82, 2.24) is 18.7 Å². The molecule has 210 valence electrons. The van der Waals surface area contributed by atoms with Crippen LogP contribution in [0.25, 0.3) is 0 Å². The van der Waals surface area contributed by atoms with Gasteiger partial charge in [-0.05, 0) is 64.2 Å². The molecule has 0 spiro atoms. The molecule has 4 aliphatic carbocycles. The fourth-order valence-corrected chi connectivity index (χ4v) is 13.1. The van der Waals surface area contributed by atoms with E-state index in [2.05, 4.69) is 52.9 Å². The summed E-state index contributed by atoms with van der Waals surface area (Å²) >= 11 is 0. The van der Waals surface area contributed by atoms with Gasteiger partial charge in [0.2, 0.25) is 0 Å². The predicted octanol–water partition coefficient (Wildman–Crippen LogP) is 5.63. The monoisotopic (exact) mass is 540 g/mol. The third kappa shape index (κ3) is 6.82. The van der Waals surface area contributed by atoms with Gasteiger partial charge in [-0.15, -0.1) is 14.0 Å². The van der Waals surface area contributed by atoms with Gasteiger partial charge in [-0.3, -0.25) is 0 Å². The highest BCUT2D eigenvalue weighted by Crippen LogP contribution is 2.73. The van der Waals surface area contributed by atoms with E-state index in [9.17, 15) is 0 Å². The maximum Gasteiger partial charge on any atom is 0.331 e.